The molecule has 0 atom stereocenters. The quantitative estimate of drug-likeness (QED) is 0.621. The predicted molar refractivity (Wildman–Crippen MR) is 50.2 cm³/mol. The monoisotopic (exact) mass is 178 g/mol. The van der Waals surface area contributed by atoms with Crippen molar-refractivity contribution in [3.05, 3.63) is 24.3 Å². The Morgan fingerprint density at radius 3 is 3.08 bits per heavy atom. The summed E-state index contributed by atoms with van der Waals surface area (Å²) in [6.07, 6.45) is 1.93. The van der Waals surface area contributed by atoms with Gasteiger partial charge in [0, 0.05) is 19.6 Å². The number of aromatic nitrogens is 3. The van der Waals surface area contributed by atoms with Gasteiger partial charge in [-0.1, -0.05) is 6.08 Å². The number of hydrogen-bond donors (Lipinski definition) is 0. The lowest BCUT2D eigenvalue weighted by molar-refractivity contribution is 0.238. The van der Waals surface area contributed by atoms with Gasteiger partial charge in [-0.05, 0) is 6.92 Å². The molecule has 2 heterocycles. The van der Waals surface area contributed by atoms with E-state index in [4.69, 9.17) is 0 Å². The summed E-state index contributed by atoms with van der Waals surface area (Å²) in [6, 6.07) is 0. The fourth-order valence-corrected chi connectivity index (χ4v) is 1.69. The first-order valence-electron chi connectivity index (χ1n) is 4.53. The Balaban J connectivity index is 2.15. The Bertz CT molecular complexity index is 315. The first kappa shape index (κ1) is 8.44. The van der Waals surface area contributed by atoms with Crippen LogP contribution < -0.4 is 0 Å². The third-order valence-corrected chi connectivity index (χ3v) is 2.40. The van der Waals surface area contributed by atoms with E-state index in [2.05, 4.69) is 26.2 Å². The van der Waals surface area contributed by atoms with Gasteiger partial charge in [-0.3, -0.25) is 4.90 Å². The van der Waals surface area contributed by atoms with Crippen LogP contribution in [0, 0.1) is 6.92 Å². The van der Waals surface area contributed by atoms with Crippen molar-refractivity contribution in [2.45, 2.75) is 20.0 Å². The minimum Gasteiger partial charge on any atom is -0.313 e. The van der Waals surface area contributed by atoms with Crippen LogP contribution in [0.1, 0.15) is 11.6 Å². The van der Waals surface area contributed by atoms with E-state index in [0.717, 1.165) is 37.8 Å². The summed E-state index contributed by atoms with van der Waals surface area (Å²) >= 11 is 0. The Morgan fingerprint density at radius 2 is 2.31 bits per heavy atom. The fourth-order valence-electron chi connectivity index (χ4n) is 1.69. The van der Waals surface area contributed by atoms with Crippen LogP contribution in [0.15, 0.2) is 12.7 Å². The van der Waals surface area contributed by atoms with Crippen molar-refractivity contribution in [3.8, 4) is 0 Å². The summed E-state index contributed by atoms with van der Waals surface area (Å²) in [6.45, 7) is 9.63. The molecule has 0 amide bonds. The zero-order valence-electron chi connectivity index (χ0n) is 7.90. The van der Waals surface area contributed by atoms with Crippen LogP contribution in [0.5, 0.6) is 0 Å². The molecule has 4 heteroatoms. The molecule has 70 valence electrons. The second kappa shape index (κ2) is 3.30. The van der Waals surface area contributed by atoms with Gasteiger partial charge in [0.25, 0.3) is 0 Å². The van der Waals surface area contributed by atoms with Crippen molar-refractivity contribution in [3.63, 3.8) is 0 Å². The van der Waals surface area contributed by atoms with Crippen LogP contribution in [0.4, 0.5) is 0 Å². The molecule has 0 radical (unpaired) electrons. The zero-order valence-corrected chi connectivity index (χ0v) is 7.90. The van der Waals surface area contributed by atoms with Crippen LogP contribution in [-0.2, 0) is 13.1 Å². The van der Waals surface area contributed by atoms with E-state index in [-0.39, 0.29) is 0 Å². The first-order chi connectivity index (χ1) is 6.31. The second-order valence-electron chi connectivity index (χ2n) is 3.34. The molecular weight excluding hydrogens is 164 g/mol. The van der Waals surface area contributed by atoms with E-state index >= 15 is 0 Å². The molecule has 2 rings (SSSR count). The minimum atomic E-state index is 0.896. The van der Waals surface area contributed by atoms with Crippen molar-refractivity contribution in [2.75, 3.05) is 13.1 Å². The largest absolute Gasteiger partial charge is 0.313 e. The molecule has 0 aliphatic carbocycles. The Hall–Kier alpha value is -1.16. The molecule has 1 aromatic heterocycles. The lowest BCUT2D eigenvalue weighted by Gasteiger charge is -2.26. The third-order valence-electron chi connectivity index (χ3n) is 2.40. The van der Waals surface area contributed by atoms with Gasteiger partial charge in [0.2, 0.25) is 0 Å². The highest BCUT2D eigenvalue weighted by atomic mass is 15.3. The maximum Gasteiger partial charge on any atom is 0.147 e. The first-order valence-corrected chi connectivity index (χ1v) is 4.53. The van der Waals surface area contributed by atoms with Crippen molar-refractivity contribution in [1.29, 1.82) is 0 Å². The maximum absolute atomic E-state index is 4.13. The van der Waals surface area contributed by atoms with E-state index in [9.17, 15) is 0 Å². The molecule has 1 aliphatic rings. The Kier molecular flexibility index (Phi) is 2.14. The maximum atomic E-state index is 4.13. The molecule has 0 fully saturated rings. The van der Waals surface area contributed by atoms with Crippen LogP contribution in [0.2, 0.25) is 0 Å². The number of aryl methyl sites for hydroxylation is 1. The molecule has 0 bridgehead atoms. The van der Waals surface area contributed by atoms with Crippen molar-refractivity contribution >= 4 is 0 Å². The average molecular weight is 178 g/mol. The van der Waals surface area contributed by atoms with Crippen molar-refractivity contribution in [2.24, 2.45) is 0 Å². The molecule has 0 saturated carbocycles. The minimum absolute atomic E-state index is 0.896. The lowest BCUT2D eigenvalue weighted by atomic mass is 10.3. The summed E-state index contributed by atoms with van der Waals surface area (Å²) < 4.78 is 2.18. The summed E-state index contributed by atoms with van der Waals surface area (Å²) in [5.74, 6) is 2.10. The van der Waals surface area contributed by atoms with Gasteiger partial charge in [-0.15, -0.1) is 16.8 Å². The number of fused-ring (bicyclic) bond motifs is 1. The molecule has 4 nitrogen and oxygen atoms in total. The molecule has 0 spiro atoms. The van der Waals surface area contributed by atoms with Gasteiger partial charge in [0.05, 0.1) is 6.54 Å². The van der Waals surface area contributed by atoms with Crippen LogP contribution in [0.3, 0.4) is 0 Å². The van der Waals surface area contributed by atoms with Crippen molar-refractivity contribution < 1.29 is 0 Å². The van der Waals surface area contributed by atoms with E-state index in [1.54, 1.807) is 0 Å². The topological polar surface area (TPSA) is 34.0 Å². The second-order valence-corrected chi connectivity index (χ2v) is 3.34. The van der Waals surface area contributed by atoms with Crippen molar-refractivity contribution in [1.82, 2.24) is 19.7 Å². The third kappa shape index (κ3) is 1.49. The highest BCUT2D eigenvalue weighted by Crippen LogP contribution is 2.10. The molecule has 1 aliphatic heterocycles. The smallest absolute Gasteiger partial charge is 0.147 e. The Morgan fingerprint density at radius 1 is 1.46 bits per heavy atom. The number of rotatable bonds is 2. The number of hydrogen-bond acceptors (Lipinski definition) is 3. The van der Waals surface area contributed by atoms with Gasteiger partial charge < -0.3 is 4.57 Å². The summed E-state index contributed by atoms with van der Waals surface area (Å²) in [5.41, 5.74) is 0. The SMILES string of the molecule is C=CCN1CCn2c(C)nnc2C1. The fraction of sp³-hybridized carbons (Fsp3) is 0.556. The molecule has 1 aromatic rings. The van der Waals surface area contributed by atoms with Gasteiger partial charge in [-0.25, -0.2) is 0 Å². The summed E-state index contributed by atoms with van der Waals surface area (Å²) in [5, 5.41) is 8.18. The Labute approximate surface area is 77.9 Å². The van der Waals surface area contributed by atoms with Gasteiger partial charge in [0.15, 0.2) is 0 Å². The standard InChI is InChI=1S/C9H14N4/c1-3-4-12-5-6-13-8(2)10-11-9(13)7-12/h3H,1,4-7H2,2H3. The summed E-state index contributed by atoms with van der Waals surface area (Å²) in [7, 11) is 0. The highest BCUT2D eigenvalue weighted by Gasteiger charge is 2.17. The number of nitrogens with zero attached hydrogens (tertiary/aromatic N) is 4. The highest BCUT2D eigenvalue weighted by molar-refractivity contribution is 4.97. The van der Waals surface area contributed by atoms with Gasteiger partial charge >= 0.3 is 0 Å². The molecule has 13 heavy (non-hydrogen) atoms. The van der Waals surface area contributed by atoms with E-state index in [1.807, 2.05) is 13.0 Å². The summed E-state index contributed by atoms with van der Waals surface area (Å²) in [4.78, 5) is 2.32. The van der Waals surface area contributed by atoms with E-state index in [1.165, 1.54) is 0 Å². The van der Waals surface area contributed by atoms with Gasteiger partial charge in [-0.2, -0.15) is 0 Å². The predicted octanol–water partition coefficient (Wildman–Crippen LogP) is 0.588. The van der Waals surface area contributed by atoms with Crippen LogP contribution in [0.25, 0.3) is 0 Å². The van der Waals surface area contributed by atoms with Crippen LogP contribution >= 0.6 is 0 Å². The molecule has 0 unspecified atom stereocenters. The van der Waals surface area contributed by atoms with E-state index in [0.29, 0.717) is 0 Å². The molecular formula is C9H14N4. The van der Waals surface area contributed by atoms with E-state index < -0.39 is 0 Å². The zero-order chi connectivity index (χ0) is 9.26. The lowest BCUT2D eigenvalue weighted by Crippen LogP contribution is -2.34. The molecule has 0 aromatic carbocycles. The average Bonchev–Trinajstić information content (AvgIpc) is 2.48. The molecule has 0 saturated heterocycles. The van der Waals surface area contributed by atoms with Gasteiger partial charge in [0.1, 0.15) is 11.6 Å². The normalized spacial score (nSPS) is 17.0. The van der Waals surface area contributed by atoms with Crippen LogP contribution in [-0.4, -0.2) is 32.8 Å². The molecule has 0 N–H and O–H groups in total.